The van der Waals surface area contributed by atoms with Gasteiger partial charge < -0.3 is 41.1 Å². The number of Topliss-reactive ketones (excluding diaryl/α,β-unsaturated/α-hetero) is 2. The molecule has 0 saturated heterocycles. The molecule has 1 aromatic rings. The summed E-state index contributed by atoms with van der Waals surface area (Å²) in [5, 5.41) is 47.4. The predicted octanol–water partition coefficient (Wildman–Crippen LogP) is 2.30. The lowest BCUT2D eigenvalue weighted by Crippen LogP contribution is -2.58. The Hall–Kier alpha value is -4.06. The van der Waals surface area contributed by atoms with E-state index in [1.54, 1.807) is 25.1 Å². The van der Waals surface area contributed by atoms with Crippen LogP contribution in [0.1, 0.15) is 62.1 Å². The molecule has 3 aliphatic carbocycles. The van der Waals surface area contributed by atoms with E-state index in [2.05, 4.69) is 12.2 Å². The highest BCUT2D eigenvalue weighted by Gasteiger charge is 2.60. The fourth-order valence-electron chi connectivity index (χ4n) is 6.17. The minimum absolute atomic E-state index is 0.0342. The van der Waals surface area contributed by atoms with Crippen molar-refractivity contribution in [3.05, 3.63) is 39.7 Å². The molecule has 0 spiro atoms. The molecule has 1 saturated carbocycles. The van der Waals surface area contributed by atoms with Gasteiger partial charge >= 0.3 is 6.09 Å². The molecular formula is C29H37N3O9. The van der Waals surface area contributed by atoms with Gasteiger partial charge in [-0.05, 0) is 36.8 Å². The van der Waals surface area contributed by atoms with Crippen LogP contribution in [0.15, 0.2) is 23.0 Å². The summed E-state index contributed by atoms with van der Waals surface area (Å²) in [6, 6.07) is 1.67. The van der Waals surface area contributed by atoms with E-state index >= 15 is 0 Å². The number of carbonyl (C=O) groups is 4. The number of carbonyl (C=O) groups excluding carboxylic acids is 4. The second kappa shape index (κ2) is 11.4. The van der Waals surface area contributed by atoms with Gasteiger partial charge in [0.15, 0.2) is 11.4 Å². The monoisotopic (exact) mass is 571 g/mol. The van der Waals surface area contributed by atoms with E-state index in [1.807, 2.05) is 0 Å². The Morgan fingerprint density at radius 2 is 1.85 bits per heavy atom. The number of ether oxygens (including phenoxy) is 1. The molecule has 1 fully saturated rings. The van der Waals surface area contributed by atoms with Crippen LogP contribution in [0, 0.1) is 11.8 Å². The SMILES string of the molecule is CCCCCCOC(=O)NCc1cc(N(C)C)c2c(c1O)C(O)=C1C(=O)[C@]3(O)C(O)=C(C(N)=O)C(=O)C[C@@H]3CC1C2. The molecule has 3 aliphatic rings. The van der Waals surface area contributed by atoms with Crippen LogP contribution in [0.2, 0.25) is 0 Å². The second-order valence-corrected chi connectivity index (χ2v) is 11.1. The van der Waals surface area contributed by atoms with Gasteiger partial charge in [-0.3, -0.25) is 14.4 Å². The summed E-state index contributed by atoms with van der Waals surface area (Å²) in [6.07, 6.45) is 2.96. The van der Waals surface area contributed by atoms with Gasteiger partial charge in [-0.25, -0.2) is 4.79 Å². The van der Waals surface area contributed by atoms with E-state index in [4.69, 9.17) is 10.5 Å². The third-order valence-electron chi connectivity index (χ3n) is 8.26. The number of aromatic hydroxyl groups is 1. The molecule has 41 heavy (non-hydrogen) atoms. The average Bonchev–Trinajstić information content (AvgIpc) is 2.89. The second-order valence-electron chi connectivity index (χ2n) is 11.1. The fraction of sp³-hybridized carbons (Fsp3) is 0.517. The first-order valence-electron chi connectivity index (χ1n) is 13.8. The Labute approximate surface area is 237 Å². The molecule has 12 nitrogen and oxygen atoms in total. The zero-order valence-electron chi connectivity index (χ0n) is 23.5. The number of unbranched alkanes of at least 4 members (excludes halogenated alkanes) is 3. The van der Waals surface area contributed by atoms with Gasteiger partial charge in [-0.1, -0.05) is 26.2 Å². The van der Waals surface area contributed by atoms with Gasteiger partial charge in [0.25, 0.3) is 5.91 Å². The zero-order chi connectivity index (χ0) is 30.2. The Morgan fingerprint density at radius 3 is 2.49 bits per heavy atom. The number of amides is 2. The number of rotatable bonds is 9. The first-order chi connectivity index (χ1) is 19.3. The molecule has 12 heteroatoms. The van der Waals surface area contributed by atoms with Crippen LogP contribution in [0.25, 0.3) is 5.76 Å². The average molecular weight is 572 g/mol. The number of anilines is 1. The van der Waals surface area contributed by atoms with Gasteiger partial charge in [0.2, 0.25) is 5.78 Å². The van der Waals surface area contributed by atoms with Crippen molar-refractivity contribution in [3.63, 3.8) is 0 Å². The normalized spacial score (nSPS) is 23.5. The van der Waals surface area contributed by atoms with Crippen molar-refractivity contribution >= 4 is 35.0 Å². The Bertz CT molecular complexity index is 1360. The Balaban J connectivity index is 1.71. The van der Waals surface area contributed by atoms with Crippen molar-refractivity contribution in [1.82, 2.24) is 5.32 Å². The first-order valence-corrected chi connectivity index (χ1v) is 13.8. The number of hydrogen-bond acceptors (Lipinski definition) is 10. The number of alkyl carbamates (subject to hydrolysis) is 1. The van der Waals surface area contributed by atoms with E-state index in [0.29, 0.717) is 11.3 Å². The van der Waals surface area contributed by atoms with E-state index in [-0.39, 0.29) is 54.9 Å². The van der Waals surface area contributed by atoms with E-state index in [1.165, 1.54) is 0 Å². The molecule has 0 heterocycles. The summed E-state index contributed by atoms with van der Waals surface area (Å²) in [7, 11) is 3.53. The van der Waals surface area contributed by atoms with Crippen molar-refractivity contribution in [2.45, 2.75) is 64.0 Å². The van der Waals surface area contributed by atoms with Crippen LogP contribution in [0.4, 0.5) is 10.5 Å². The number of phenols is 1. The van der Waals surface area contributed by atoms with Crippen molar-refractivity contribution < 1.29 is 44.3 Å². The van der Waals surface area contributed by atoms with Crippen LogP contribution in [0.3, 0.4) is 0 Å². The summed E-state index contributed by atoms with van der Waals surface area (Å²) in [6.45, 7) is 2.21. The Kier molecular flexibility index (Phi) is 8.34. The van der Waals surface area contributed by atoms with Gasteiger partial charge in [0.1, 0.15) is 22.8 Å². The lowest BCUT2D eigenvalue weighted by Gasteiger charge is -2.46. The number of phenolic OH excluding ortho intramolecular Hbond substituents is 1. The maximum Gasteiger partial charge on any atom is 0.407 e. The van der Waals surface area contributed by atoms with Crippen LogP contribution < -0.4 is 16.0 Å². The molecule has 1 aromatic carbocycles. The maximum atomic E-state index is 13.7. The topological polar surface area (TPSA) is 200 Å². The molecule has 1 unspecified atom stereocenters. The number of fused-ring (bicyclic) bond motifs is 3. The lowest BCUT2D eigenvalue weighted by molar-refractivity contribution is -0.147. The molecular weight excluding hydrogens is 534 g/mol. The van der Waals surface area contributed by atoms with Gasteiger partial charge in [0, 0.05) is 49.8 Å². The molecule has 7 N–H and O–H groups in total. The van der Waals surface area contributed by atoms with Gasteiger partial charge in [-0.15, -0.1) is 0 Å². The smallest absolute Gasteiger partial charge is 0.407 e. The highest BCUT2D eigenvalue weighted by Crippen LogP contribution is 2.53. The minimum Gasteiger partial charge on any atom is -0.508 e. The number of ketones is 2. The lowest BCUT2D eigenvalue weighted by atomic mass is 9.59. The van der Waals surface area contributed by atoms with Gasteiger partial charge in [0.05, 0.1) is 12.2 Å². The number of primary amides is 1. The molecule has 3 atom stereocenters. The number of hydrogen-bond donors (Lipinski definition) is 6. The zero-order valence-corrected chi connectivity index (χ0v) is 23.5. The molecule has 0 bridgehead atoms. The highest BCUT2D eigenvalue weighted by atomic mass is 16.5. The van der Waals surface area contributed by atoms with Crippen LogP contribution in [0.5, 0.6) is 5.75 Å². The van der Waals surface area contributed by atoms with Crippen molar-refractivity contribution in [1.29, 1.82) is 0 Å². The third-order valence-corrected chi connectivity index (χ3v) is 8.26. The van der Waals surface area contributed by atoms with E-state index < -0.39 is 58.1 Å². The standard InChI is InChI=1S/C29H37N3O9/c1-4-5-6-7-8-41-28(39)31-13-15-11-18(32(2)3)17-10-14-9-16-12-19(33)22(27(30)38)26(37)29(16,40)25(36)20(14)24(35)21(17)23(15)34/h11,14,16,34-35,37,40H,4-10,12-13H2,1-3H3,(H2,30,38)(H,31,39)/t14?,16-,29-/m0/s1. The number of aliphatic hydroxyl groups excluding tert-OH is 2. The molecule has 0 aromatic heterocycles. The van der Waals surface area contributed by atoms with Crippen molar-refractivity contribution in [3.8, 4) is 5.75 Å². The molecule has 0 radical (unpaired) electrons. The number of nitrogens with zero attached hydrogens (tertiary/aromatic N) is 1. The number of benzene rings is 1. The van der Waals surface area contributed by atoms with Crippen LogP contribution >= 0.6 is 0 Å². The predicted molar refractivity (Wildman–Crippen MR) is 148 cm³/mol. The first kappa shape index (κ1) is 29.9. The largest absolute Gasteiger partial charge is 0.508 e. The quantitative estimate of drug-likeness (QED) is 0.189. The van der Waals surface area contributed by atoms with Crippen LogP contribution in [-0.4, -0.2) is 70.3 Å². The Morgan fingerprint density at radius 1 is 1.15 bits per heavy atom. The minimum atomic E-state index is -2.63. The number of nitrogens with two attached hydrogens (primary N) is 1. The highest BCUT2D eigenvalue weighted by molar-refractivity contribution is 6.22. The summed E-state index contributed by atoms with van der Waals surface area (Å²) in [5.41, 5.74) is 2.93. The molecule has 2 amide bonds. The number of aliphatic hydroxyl groups is 3. The fourth-order valence-corrected chi connectivity index (χ4v) is 6.17. The van der Waals surface area contributed by atoms with E-state index in [9.17, 15) is 39.6 Å². The van der Waals surface area contributed by atoms with Crippen molar-refractivity contribution in [2.75, 3.05) is 25.6 Å². The molecule has 4 rings (SSSR count). The third kappa shape index (κ3) is 5.12. The van der Waals surface area contributed by atoms with Crippen LogP contribution in [-0.2, 0) is 32.1 Å². The van der Waals surface area contributed by atoms with Crippen molar-refractivity contribution in [2.24, 2.45) is 17.6 Å². The summed E-state index contributed by atoms with van der Waals surface area (Å²) in [5.74, 6) is -6.85. The van der Waals surface area contributed by atoms with Gasteiger partial charge in [-0.2, -0.15) is 0 Å². The summed E-state index contributed by atoms with van der Waals surface area (Å²) < 4.78 is 5.19. The molecule has 222 valence electrons. The summed E-state index contributed by atoms with van der Waals surface area (Å²) >= 11 is 0. The maximum absolute atomic E-state index is 13.7. The summed E-state index contributed by atoms with van der Waals surface area (Å²) in [4.78, 5) is 52.1. The molecule has 0 aliphatic heterocycles. The van der Waals surface area contributed by atoms with E-state index in [0.717, 1.165) is 25.7 Å². The number of nitrogens with one attached hydrogen (secondary N) is 1.